The Morgan fingerprint density at radius 2 is 2.04 bits per heavy atom. The highest BCUT2D eigenvalue weighted by molar-refractivity contribution is 7.99. The number of fused-ring (bicyclic) bond motifs is 3. The number of hydrogen-bond donors (Lipinski definition) is 2. The van der Waals surface area contributed by atoms with Crippen LogP contribution in [0.2, 0.25) is 0 Å². The van der Waals surface area contributed by atoms with Crippen molar-refractivity contribution in [1.82, 2.24) is 29.5 Å². The molecule has 8 nitrogen and oxygen atoms in total. The lowest BCUT2D eigenvalue weighted by Gasteiger charge is -2.19. The summed E-state index contributed by atoms with van der Waals surface area (Å²) in [6, 6.07) is 6.35. The first-order valence-electron chi connectivity index (χ1n) is 8.04. The molecule has 0 spiro atoms. The van der Waals surface area contributed by atoms with Gasteiger partial charge in [0.25, 0.3) is 0 Å². The topological polar surface area (TPSA) is 93.4 Å². The van der Waals surface area contributed by atoms with Crippen molar-refractivity contribution in [2.45, 2.75) is 16.5 Å². The van der Waals surface area contributed by atoms with Crippen LogP contribution in [0.5, 0.6) is 0 Å². The zero-order chi connectivity index (χ0) is 17.5. The fourth-order valence-corrected chi connectivity index (χ4v) is 3.83. The molecule has 1 aliphatic rings. The molecule has 0 amide bonds. The Morgan fingerprint density at radius 3 is 2.96 bits per heavy atom. The maximum absolute atomic E-state index is 4.44. The zero-order valence-electron chi connectivity index (χ0n) is 13.8. The van der Waals surface area contributed by atoms with Gasteiger partial charge in [0, 0.05) is 24.3 Å². The van der Waals surface area contributed by atoms with E-state index in [4.69, 9.17) is 0 Å². The monoisotopic (exact) mass is 362 g/mol. The van der Waals surface area contributed by atoms with Crippen molar-refractivity contribution in [3.05, 3.63) is 48.8 Å². The van der Waals surface area contributed by atoms with E-state index >= 15 is 0 Å². The summed E-state index contributed by atoms with van der Waals surface area (Å²) in [6.07, 6.45) is 6.74. The van der Waals surface area contributed by atoms with Gasteiger partial charge < -0.3 is 15.2 Å². The lowest BCUT2D eigenvalue weighted by molar-refractivity contribution is 0.812. The normalized spacial score (nSPS) is 12.3. The number of nitrogens with zero attached hydrogens (tertiary/aromatic N) is 6. The van der Waals surface area contributed by atoms with Crippen molar-refractivity contribution in [2.75, 3.05) is 17.7 Å². The Labute approximate surface area is 153 Å². The molecule has 0 fully saturated rings. The van der Waals surface area contributed by atoms with Crippen LogP contribution < -0.4 is 10.6 Å². The Morgan fingerprint density at radius 1 is 1.12 bits per heavy atom. The third-order valence-electron chi connectivity index (χ3n) is 4.16. The van der Waals surface area contributed by atoms with Crippen molar-refractivity contribution in [3.8, 4) is 0 Å². The largest absolute Gasteiger partial charge is 0.371 e. The molecule has 1 aliphatic heterocycles. The molecule has 0 unspecified atom stereocenters. The summed E-state index contributed by atoms with van der Waals surface area (Å²) in [5.74, 6) is 1.52. The second-order valence-corrected chi connectivity index (χ2v) is 6.82. The Balaban J connectivity index is 1.48. The van der Waals surface area contributed by atoms with E-state index in [1.54, 1.807) is 36.8 Å². The van der Waals surface area contributed by atoms with E-state index < -0.39 is 0 Å². The highest BCUT2D eigenvalue weighted by Gasteiger charge is 2.18. The van der Waals surface area contributed by atoms with Crippen LogP contribution in [0, 0.1) is 0 Å². The summed E-state index contributed by atoms with van der Waals surface area (Å²) in [4.78, 5) is 22.9. The van der Waals surface area contributed by atoms with E-state index in [-0.39, 0.29) is 0 Å². The summed E-state index contributed by atoms with van der Waals surface area (Å²) in [6.45, 7) is 0.670. The van der Waals surface area contributed by atoms with Crippen LogP contribution in [0.1, 0.15) is 5.56 Å². The minimum absolute atomic E-state index is 0.670. The number of benzene rings is 1. The van der Waals surface area contributed by atoms with Crippen LogP contribution in [0.3, 0.4) is 0 Å². The number of hydrogen-bond acceptors (Lipinski definition) is 8. The van der Waals surface area contributed by atoms with Gasteiger partial charge in [-0.2, -0.15) is 0 Å². The fraction of sp³-hybridized carbons (Fsp3) is 0.118. The second-order valence-electron chi connectivity index (χ2n) is 5.78. The molecular formula is C17H14N8S. The molecule has 0 aliphatic carbocycles. The quantitative estimate of drug-likeness (QED) is 0.506. The van der Waals surface area contributed by atoms with E-state index in [1.807, 2.05) is 11.6 Å². The molecule has 0 radical (unpaired) electrons. The average Bonchev–Trinajstić information content (AvgIpc) is 3.09. The maximum atomic E-state index is 4.44. The van der Waals surface area contributed by atoms with E-state index in [9.17, 15) is 0 Å². The van der Waals surface area contributed by atoms with Crippen molar-refractivity contribution in [1.29, 1.82) is 0 Å². The average molecular weight is 362 g/mol. The summed E-state index contributed by atoms with van der Waals surface area (Å²) in [5, 5.41) is 7.30. The zero-order valence-corrected chi connectivity index (χ0v) is 14.7. The van der Waals surface area contributed by atoms with Crippen molar-refractivity contribution in [2.24, 2.45) is 0 Å². The van der Waals surface area contributed by atoms with Crippen LogP contribution in [-0.2, 0) is 6.54 Å². The summed E-state index contributed by atoms with van der Waals surface area (Å²) >= 11 is 1.62. The van der Waals surface area contributed by atoms with Crippen LogP contribution in [0.15, 0.2) is 53.2 Å². The number of rotatable bonds is 3. The smallest absolute Gasteiger partial charge is 0.165 e. The molecule has 2 N–H and O–H groups in total. The highest BCUT2D eigenvalue weighted by atomic mass is 32.2. The van der Waals surface area contributed by atoms with Gasteiger partial charge in [-0.3, -0.25) is 0 Å². The lowest BCUT2D eigenvalue weighted by Crippen LogP contribution is -2.05. The standard InChI is InChI=1S/C17H14N8S/c1-18-14-13-16(22-8-21-14)25(9-23-13)7-10-2-3-12-11(6-10)24-15-17(26-12)20-5-4-19-15/h2-6,8-9H,7H2,1H3,(H,19,24)(H,18,21,22). The molecule has 128 valence electrons. The summed E-state index contributed by atoms with van der Waals surface area (Å²) < 4.78 is 2.02. The Hall–Kier alpha value is -3.20. The van der Waals surface area contributed by atoms with Crippen LogP contribution in [0.4, 0.5) is 17.3 Å². The molecule has 9 heteroatoms. The van der Waals surface area contributed by atoms with Gasteiger partial charge in [0.1, 0.15) is 16.9 Å². The first-order valence-corrected chi connectivity index (χ1v) is 8.86. The molecule has 1 aromatic carbocycles. The fourth-order valence-electron chi connectivity index (χ4n) is 2.96. The molecule has 4 heterocycles. The molecule has 4 aromatic rings. The van der Waals surface area contributed by atoms with Gasteiger partial charge in [-0.1, -0.05) is 17.8 Å². The second kappa shape index (κ2) is 5.95. The van der Waals surface area contributed by atoms with Gasteiger partial charge in [0.2, 0.25) is 0 Å². The third-order valence-corrected chi connectivity index (χ3v) is 5.23. The summed E-state index contributed by atoms with van der Waals surface area (Å²) in [7, 11) is 1.83. The number of aromatic nitrogens is 6. The number of anilines is 3. The molecule has 0 saturated heterocycles. The van der Waals surface area contributed by atoms with Crippen LogP contribution in [0.25, 0.3) is 11.2 Å². The minimum Gasteiger partial charge on any atom is -0.371 e. The van der Waals surface area contributed by atoms with Gasteiger partial charge in [-0.15, -0.1) is 0 Å². The van der Waals surface area contributed by atoms with Crippen molar-refractivity contribution >= 4 is 40.2 Å². The predicted octanol–water partition coefficient (Wildman–Crippen LogP) is 2.91. The molecule has 0 bridgehead atoms. The first kappa shape index (κ1) is 15.1. The minimum atomic E-state index is 0.670. The van der Waals surface area contributed by atoms with Crippen LogP contribution >= 0.6 is 11.8 Å². The highest BCUT2D eigenvalue weighted by Crippen LogP contribution is 2.42. The predicted molar refractivity (Wildman–Crippen MR) is 99.9 cm³/mol. The molecule has 3 aromatic heterocycles. The Kier molecular flexibility index (Phi) is 3.45. The van der Waals surface area contributed by atoms with Gasteiger partial charge in [0.15, 0.2) is 17.3 Å². The maximum Gasteiger partial charge on any atom is 0.165 e. The van der Waals surface area contributed by atoms with Gasteiger partial charge >= 0.3 is 0 Å². The molecule has 26 heavy (non-hydrogen) atoms. The molecule has 0 saturated carbocycles. The van der Waals surface area contributed by atoms with E-state index in [0.29, 0.717) is 6.54 Å². The molecule has 5 rings (SSSR count). The van der Waals surface area contributed by atoms with Crippen molar-refractivity contribution < 1.29 is 0 Å². The number of imidazole rings is 1. The van der Waals surface area contributed by atoms with Gasteiger partial charge in [0.05, 0.1) is 18.6 Å². The van der Waals surface area contributed by atoms with Gasteiger partial charge in [-0.25, -0.2) is 24.9 Å². The van der Waals surface area contributed by atoms with E-state index in [2.05, 4.69) is 53.8 Å². The third kappa shape index (κ3) is 2.44. The van der Waals surface area contributed by atoms with Crippen molar-refractivity contribution in [3.63, 3.8) is 0 Å². The molecular weight excluding hydrogens is 348 g/mol. The SMILES string of the molecule is CNc1ncnc2c1ncn2Cc1ccc2c(c1)Nc1nccnc1S2. The van der Waals surface area contributed by atoms with E-state index in [0.717, 1.165) is 44.0 Å². The van der Waals surface area contributed by atoms with Crippen LogP contribution in [-0.4, -0.2) is 36.5 Å². The van der Waals surface area contributed by atoms with Gasteiger partial charge in [-0.05, 0) is 17.7 Å². The lowest BCUT2D eigenvalue weighted by atomic mass is 10.2. The Bertz CT molecular complexity index is 1120. The molecule has 0 atom stereocenters. The van der Waals surface area contributed by atoms with E-state index in [1.165, 1.54) is 0 Å². The number of nitrogens with one attached hydrogen (secondary N) is 2. The summed E-state index contributed by atoms with van der Waals surface area (Å²) in [5.41, 5.74) is 3.76. The first-order chi connectivity index (χ1) is 12.8.